The number of halogens is 1. The molecule has 0 saturated heterocycles. The van der Waals surface area contributed by atoms with E-state index in [4.69, 9.17) is 11.6 Å². The molecule has 3 aromatic rings. The van der Waals surface area contributed by atoms with Gasteiger partial charge in [-0.3, -0.25) is 4.79 Å². The van der Waals surface area contributed by atoms with Crippen molar-refractivity contribution in [1.82, 2.24) is 10.3 Å². The maximum Gasteiger partial charge on any atom is 0.254 e. The number of aromatic nitrogens is 1. The number of hydrogen-bond donors (Lipinski definition) is 1. The first-order valence-electron chi connectivity index (χ1n) is 8.16. The molecule has 126 valence electrons. The Bertz CT molecular complexity index is 850. The van der Waals surface area contributed by atoms with E-state index >= 15 is 0 Å². The Morgan fingerprint density at radius 3 is 2.28 bits per heavy atom. The number of aryl methyl sites for hydroxylation is 1. The minimum Gasteiger partial charge on any atom is -0.345 e. The zero-order valence-corrected chi connectivity index (χ0v) is 14.7. The van der Waals surface area contributed by atoms with Gasteiger partial charge in [0.1, 0.15) is 5.15 Å². The van der Waals surface area contributed by atoms with Crippen molar-refractivity contribution in [1.29, 1.82) is 0 Å². The van der Waals surface area contributed by atoms with Gasteiger partial charge in [-0.2, -0.15) is 0 Å². The van der Waals surface area contributed by atoms with Gasteiger partial charge < -0.3 is 5.32 Å². The summed E-state index contributed by atoms with van der Waals surface area (Å²) in [4.78, 5) is 16.9. The minimum atomic E-state index is -0.220. The molecule has 0 fully saturated rings. The smallest absolute Gasteiger partial charge is 0.254 e. The summed E-state index contributed by atoms with van der Waals surface area (Å²) in [5, 5.41) is 3.32. The number of carbonyl (C=O) groups is 1. The van der Waals surface area contributed by atoms with Gasteiger partial charge in [0.2, 0.25) is 0 Å². The van der Waals surface area contributed by atoms with Crippen LogP contribution in [0.15, 0.2) is 72.8 Å². The first kappa shape index (κ1) is 17.2. The molecule has 1 N–H and O–H groups in total. The molecule has 0 aliphatic rings. The number of benzene rings is 2. The minimum absolute atomic E-state index is 0.145. The highest BCUT2D eigenvalue weighted by Crippen LogP contribution is 2.21. The van der Waals surface area contributed by atoms with E-state index in [2.05, 4.69) is 22.4 Å². The van der Waals surface area contributed by atoms with Crippen LogP contribution in [0.3, 0.4) is 0 Å². The molecular weight excluding hydrogens is 332 g/mol. The van der Waals surface area contributed by atoms with Gasteiger partial charge in [-0.1, -0.05) is 72.3 Å². The van der Waals surface area contributed by atoms with Crippen LogP contribution < -0.4 is 5.32 Å². The Hall–Kier alpha value is -2.65. The number of rotatable bonds is 5. The Morgan fingerprint density at radius 1 is 1.00 bits per heavy atom. The lowest BCUT2D eigenvalue weighted by atomic mass is 9.98. The maximum atomic E-state index is 12.7. The molecule has 1 unspecified atom stereocenters. The molecule has 3 nitrogen and oxygen atoms in total. The molecule has 3 rings (SSSR count). The second-order valence-electron chi connectivity index (χ2n) is 5.92. The lowest BCUT2D eigenvalue weighted by Gasteiger charge is -2.20. The average Bonchev–Trinajstić information content (AvgIpc) is 2.62. The fourth-order valence-electron chi connectivity index (χ4n) is 2.72. The van der Waals surface area contributed by atoms with Crippen LogP contribution in [0.4, 0.5) is 0 Å². The third kappa shape index (κ3) is 4.46. The number of nitrogens with zero attached hydrogens (tertiary/aromatic N) is 1. The highest BCUT2D eigenvalue weighted by atomic mass is 35.5. The lowest BCUT2D eigenvalue weighted by Crippen LogP contribution is -2.30. The Labute approximate surface area is 152 Å². The summed E-state index contributed by atoms with van der Waals surface area (Å²) in [5.41, 5.74) is 3.38. The second-order valence-corrected chi connectivity index (χ2v) is 6.28. The molecule has 25 heavy (non-hydrogen) atoms. The van der Waals surface area contributed by atoms with Crippen molar-refractivity contribution >= 4 is 17.5 Å². The van der Waals surface area contributed by atoms with Crippen molar-refractivity contribution in [2.45, 2.75) is 19.4 Å². The number of nitrogens with one attached hydrogen (secondary N) is 1. The largest absolute Gasteiger partial charge is 0.345 e. The molecule has 1 heterocycles. The van der Waals surface area contributed by atoms with E-state index in [0.717, 1.165) is 16.8 Å². The van der Waals surface area contributed by atoms with E-state index in [1.165, 1.54) is 0 Å². The number of carbonyl (C=O) groups excluding carboxylic acids is 1. The van der Waals surface area contributed by atoms with Crippen LogP contribution in [0.1, 0.15) is 33.2 Å². The zero-order chi connectivity index (χ0) is 17.6. The first-order chi connectivity index (χ1) is 12.1. The normalized spacial score (nSPS) is 11.8. The maximum absolute atomic E-state index is 12.7. The van der Waals surface area contributed by atoms with Crippen molar-refractivity contribution in [2.75, 3.05) is 0 Å². The van der Waals surface area contributed by atoms with Gasteiger partial charge >= 0.3 is 0 Å². The number of amides is 1. The SMILES string of the molecule is Cc1ccc(C(=O)NC(Cc2ccccc2)c2ccccc2)c(Cl)n1. The van der Waals surface area contributed by atoms with Crippen LogP contribution in [0, 0.1) is 6.92 Å². The fourth-order valence-corrected chi connectivity index (χ4v) is 3.00. The topological polar surface area (TPSA) is 42.0 Å². The summed E-state index contributed by atoms with van der Waals surface area (Å²) in [6.07, 6.45) is 0.702. The summed E-state index contributed by atoms with van der Waals surface area (Å²) in [7, 11) is 0. The van der Waals surface area contributed by atoms with Crippen molar-refractivity contribution in [3.8, 4) is 0 Å². The van der Waals surface area contributed by atoms with E-state index in [0.29, 0.717) is 12.0 Å². The third-order valence-electron chi connectivity index (χ3n) is 4.02. The van der Waals surface area contributed by atoms with Crippen LogP contribution in [0.25, 0.3) is 0 Å². The summed E-state index contributed by atoms with van der Waals surface area (Å²) in [6, 6.07) is 23.4. The molecule has 0 saturated carbocycles. The molecule has 2 aromatic carbocycles. The molecule has 1 atom stereocenters. The van der Waals surface area contributed by atoms with Gasteiger partial charge in [0, 0.05) is 5.69 Å². The summed E-state index contributed by atoms with van der Waals surface area (Å²) in [6.45, 7) is 1.84. The Kier molecular flexibility index (Phi) is 5.46. The third-order valence-corrected chi connectivity index (χ3v) is 4.31. The van der Waals surface area contributed by atoms with Crippen LogP contribution in [0.5, 0.6) is 0 Å². The van der Waals surface area contributed by atoms with E-state index < -0.39 is 0 Å². The van der Waals surface area contributed by atoms with E-state index in [-0.39, 0.29) is 17.1 Å². The van der Waals surface area contributed by atoms with Crippen molar-refractivity contribution in [2.24, 2.45) is 0 Å². The van der Waals surface area contributed by atoms with Crippen LogP contribution in [0.2, 0.25) is 5.15 Å². The van der Waals surface area contributed by atoms with Gasteiger partial charge in [-0.15, -0.1) is 0 Å². The number of hydrogen-bond acceptors (Lipinski definition) is 2. The van der Waals surface area contributed by atoms with Gasteiger partial charge in [0.05, 0.1) is 11.6 Å². The molecule has 1 amide bonds. The molecule has 1 aromatic heterocycles. The summed E-state index contributed by atoms with van der Waals surface area (Å²) in [5.74, 6) is -0.220. The van der Waals surface area contributed by atoms with E-state index in [1.54, 1.807) is 12.1 Å². The lowest BCUT2D eigenvalue weighted by molar-refractivity contribution is 0.0936. The van der Waals surface area contributed by atoms with E-state index in [9.17, 15) is 4.79 Å². The van der Waals surface area contributed by atoms with Crippen molar-refractivity contribution in [3.05, 3.63) is 100 Å². The molecule has 0 radical (unpaired) electrons. The number of pyridine rings is 1. The predicted molar refractivity (Wildman–Crippen MR) is 101 cm³/mol. The molecule has 4 heteroatoms. The highest BCUT2D eigenvalue weighted by Gasteiger charge is 2.18. The predicted octanol–water partition coefficient (Wildman–Crippen LogP) is 4.76. The Morgan fingerprint density at radius 2 is 1.64 bits per heavy atom. The first-order valence-corrected chi connectivity index (χ1v) is 8.54. The van der Waals surface area contributed by atoms with Crippen LogP contribution in [-0.2, 0) is 6.42 Å². The van der Waals surface area contributed by atoms with Gasteiger partial charge in [-0.25, -0.2) is 4.98 Å². The molecule has 0 spiro atoms. The molecule has 0 aliphatic heterocycles. The van der Waals surface area contributed by atoms with Crippen LogP contribution in [-0.4, -0.2) is 10.9 Å². The average molecular weight is 351 g/mol. The van der Waals surface area contributed by atoms with E-state index in [1.807, 2.05) is 55.5 Å². The highest BCUT2D eigenvalue weighted by molar-refractivity contribution is 6.32. The van der Waals surface area contributed by atoms with Gasteiger partial charge in [-0.05, 0) is 36.6 Å². The van der Waals surface area contributed by atoms with Crippen LogP contribution >= 0.6 is 11.6 Å². The second kappa shape index (κ2) is 7.95. The standard InChI is InChI=1S/C21H19ClN2O/c1-15-12-13-18(20(22)23-15)21(25)24-19(17-10-6-3-7-11-17)14-16-8-4-2-5-9-16/h2-13,19H,14H2,1H3,(H,24,25). The summed E-state index contributed by atoms with van der Waals surface area (Å²) >= 11 is 6.14. The monoisotopic (exact) mass is 350 g/mol. The van der Waals surface area contributed by atoms with Gasteiger partial charge in [0.15, 0.2) is 0 Å². The summed E-state index contributed by atoms with van der Waals surface area (Å²) < 4.78 is 0. The van der Waals surface area contributed by atoms with Gasteiger partial charge in [0.25, 0.3) is 5.91 Å². The molecule has 0 aliphatic carbocycles. The molecular formula is C21H19ClN2O. The zero-order valence-electron chi connectivity index (χ0n) is 13.9. The van der Waals surface area contributed by atoms with Crippen molar-refractivity contribution in [3.63, 3.8) is 0 Å². The quantitative estimate of drug-likeness (QED) is 0.674. The Balaban J connectivity index is 1.85. The molecule has 0 bridgehead atoms. The van der Waals surface area contributed by atoms with Crippen molar-refractivity contribution < 1.29 is 4.79 Å². The fraction of sp³-hybridized carbons (Fsp3) is 0.143.